The second-order valence-corrected chi connectivity index (χ2v) is 5.98. The van der Waals surface area contributed by atoms with Gasteiger partial charge in [0.15, 0.2) is 0 Å². The summed E-state index contributed by atoms with van der Waals surface area (Å²) in [6, 6.07) is 3.40. The number of halogens is 2. The molecule has 0 bridgehead atoms. The van der Waals surface area contributed by atoms with Crippen molar-refractivity contribution >= 4 is 24.7 Å². The molecule has 1 aromatic carbocycles. The van der Waals surface area contributed by atoms with E-state index in [1.807, 2.05) is 0 Å². The molecule has 1 aromatic rings. The van der Waals surface area contributed by atoms with Gasteiger partial charge in [-0.2, -0.15) is 0 Å². The molecule has 0 aliphatic heterocycles. The molecule has 0 radical (unpaired) electrons. The number of hydrogen-bond acceptors (Lipinski definition) is 5. The average molecular weight is 349 g/mol. The first-order chi connectivity index (χ1) is 10.4. The highest BCUT2D eigenvalue weighted by Gasteiger charge is 2.26. The second kappa shape index (κ2) is 8.98. The van der Waals surface area contributed by atoms with Crippen molar-refractivity contribution in [3.05, 3.63) is 60.5 Å². The molecule has 5 nitrogen and oxygen atoms in total. The Morgan fingerprint density at radius 2 is 1.82 bits per heavy atom. The number of rotatable bonds is 10. The van der Waals surface area contributed by atoms with Gasteiger partial charge in [-0.1, -0.05) is 18.2 Å². The number of carbonyl (C=O) groups excluding carboxylic acids is 1. The van der Waals surface area contributed by atoms with E-state index in [2.05, 4.69) is 13.2 Å². The van der Waals surface area contributed by atoms with Gasteiger partial charge >= 0.3 is 7.82 Å². The van der Waals surface area contributed by atoms with Crippen LogP contribution >= 0.6 is 19.4 Å². The molecule has 120 valence electrons. The molecule has 0 aromatic heterocycles. The molecular formula is C14H15ClFO5P. The Bertz CT molecular complexity index is 589. The topological polar surface area (TPSA) is 61.8 Å². The van der Waals surface area contributed by atoms with Gasteiger partial charge in [0, 0.05) is 5.56 Å². The van der Waals surface area contributed by atoms with Gasteiger partial charge in [0.1, 0.15) is 5.82 Å². The second-order valence-electron chi connectivity index (χ2n) is 3.96. The van der Waals surface area contributed by atoms with Gasteiger partial charge in [-0.25, -0.2) is 8.96 Å². The first-order valence-electron chi connectivity index (χ1n) is 6.15. The van der Waals surface area contributed by atoms with E-state index in [4.69, 9.17) is 25.2 Å². The normalized spacial score (nSPS) is 11.2. The number of phosphoric ester groups is 1. The lowest BCUT2D eigenvalue weighted by molar-refractivity contribution is 0.106. The Balaban J connectivity index is 2.88. The molecule has 0 aliphatic carbocycles. The summed E-state index contributed by atoms with van der Waals surface area (Å²) in [5, 5.41) is -0.855. The average Bonchev–Trinajstić information content (AvgIpc) is 2.50. The van der Waals surface area contributed by atoms with Gasteiger partial charge in [-0.05, 0) is 29.3 Å². The first kappa shape index (κ1) is 18.7. The van der Waals surface area contributed by atoms with Gasteiger partial charge in [0.2, 0.25) is 0 Å². The Morgan fingerprint density at radius 1 is 1.23 bits per heavy atom. The number of phosphoric acid groups is 1. The molecule has 0 amide bonds. The summed E-state index contributed by atoms with van der Waals surface area (Å²) in [5.41, 5.74) is 0.173. The molecule has 8 heteroatoms. The van der Waals surface area contributed by atoms with Crippen LogP contribution in [-0.4, -0.2) is 18.5 Å². The first-order valence-corrected chi connectivity index (χ1v) is 7.99. The standard InChI is InChI=1S/C14H15ClFO5P/c1-3-7-19-22(18,20-8-4-2)21-10-11-5-6-12(16)9-13(11)14(15)17/h3-6,9H,1-2,7-8,10H2. The lowest BCUT2D eigenvalue weighted by Crippen LogP contribution is -2.04. The third-order valence-corrected chi connectivity index (χ3v) is 3.94. The van der Waals surface area contributed by atoms with E-state index in [0.717, 1.165) is 12.1 Å². The largest absolute Gasteiger partial charge is 0.475 e. The molecule has 0 spiro atoms. The van der Waals surface area contributed by atoms with E-state index in [1.54, 1.807) is 0 Å². The van der Waals surface area contributed by atoms with Crippen molar-refractivity contribution in [1.82, 2.24) is 0 Å². The molecule has 0 heterocycles. The maximum absolute atomic E-state index is 13.1. The van der Waals surface area contributed by atoms with Crippen molar-refractivity contribution in [2.75, 3.05) is 13.2 Å². The lowest BCUT2D eigenvalue weighted by Gasteiger charge is -2.17. The monoisotopic (exact) mass is 348 g/mol. The summed E-state index contributed by atoms with van der Waals surface area (Å²) in [4.78, 5) is 11.3. The van der Waals surface area contributed by atoms with Crippen LogP contribution in [-0.2, 0) is 24.7 Å². The molecule has 0 aliphatic rings. The molecule has 1 rings (SSSR count). The Labute approximate surface area is 132 Å². The molecule has 0 atom stereocenters. The Hall–Kier alpha value is -1.30. The van der Waals surface area contributed by atoms with Crippen LogP contribution in [0.2, 0.25) is 0 Å². The van der Waals surface area contributed by atoms with Crippen LogP contribution in [0, 0.1) is 5.82 Å². The van der Waals surface area contributed by atoms with Crippen LogP contribution in [0.15, 0.2) is 43.5 Å². The number of benzene rings is 1. The van der Waals surface area contributed by atoms with E-state index in [0.29, 0.717) is 0 Å². The quantitative estimate of drug-likeness (QED) is 0.359. The van der Waals surface area contributed by atoms with Crippen molar-refractivity contribution in [2.45, 2.75) is 6.61 Å². The van der Waals surface area contributed by atoms with Crippen molar-refractivity contribution in [1.29, 1.82) is 0 Å². The fourth-order valence-electron chi connectivity index (χ4n) is 1.41. The Morgan fingerprint density at radius 3 is 2.32 bits per heavy atom. The fourth-order valence-corrected chi connectivity index (χ4v) is 2.68. The molecule has 0 unspecified atom stereocenters. The van der Waals surface area contributed by atoms with E-state index in [9.17, 15) is 13.8 Å². The maximum Gasteiger partial charge on any atom is 0.475 e. The minimum absolute atomic E-state index is 0.0564. The smallest absolute Gasteiger partial charge is 0.283 e. The third-order valence-electron chi connectivity index (χ3n) is 2.36. The molecule has 0 N–H and O–H groups in total. The summed E-state index contributed by atoms with van der Waals surface area (Å²) < 4.78 is 40.5. The summed E-state index contributed by atoms with van der Waals surface area (Å²) in [7, 11) is -3.87. The molecule has 0 fully saturated rings. The van der Waals surface area contributed by atoms with E-state index < -0.39 is 18.9 Å². The minimum Gasteiger partial charge on any atom is -0.283 e. The van der Waals surface area contributed by atoms with Crippen LogP contribution in [0.4, 0.5) is 4.39 Å². The van der Waals surface area contributed by atoms with E-state index in [1.165, 1.54) is 18.2 Å². The van der Waals surface area contributed by atoms with Gasteiger partial charge in [-0.3, -0.25) is 18.4 Å². The highest BCUT2D eigenvalue weighted by atomic mass is 35.5. The zero-order valence-electron chi connectivity index (χ0n) is 11.7. The lowest BCUT2D eigenvalue weighted by atomic mass is 10.1. The summed E-state index contributed by atoms with van der Waals surface area (Å²) in [6.45, 7) is 6.44. The number of hydrogen-bond donors (Lipinski definition) is 0. The van der Waals surface area contributed by atoms with Gasteiger partial charge in [-0.15, -0.1) is 13.2 Å². The van der Waals surface area contributed by atoms with Gasteiger partial charge in [0.05, 0.1) is 19.8 Å². The van der Waals surface area contributed by atoms with Gasteiger partial charge < -0.3 is 0 Å². The molecule has 0 saturated carbocycles. The molecule has 22 heavy (non-hydrogen) atoms. The molecule has 0 saturated heterocycles. The summed E-state index contributed by atoms with van der Waals surface area (Å²) >= 11 is 5.38. The highest BCUT2D eigenvalue weighted by molar-refractivity contribution is 7.48. The van der Waals surface area contributed by atoms with Crippen molar-refractivity contribution in [2.24, 2.45) is 0 Å². The SMILES string of the molecule is C=CCOP(=O)(OCC=C)OCc1ccc(F)cc1C(=O)Cl. The van der Waals surface area contributed by atoms with Crippen LogP contribution in [0.25, 0.3) is 0 Å². The number of carbonyl (C=O) groups is 1. The van der Waals surface area contributed by atoms with E-state index in [-0.39, 0.29) is 30.9 Å². The fraction of sp³-hybridized carbons (Fsp3) is 0.214. The minimum atomic E-state index is -3.87. The molecular weight excluding hydrogens is 334 g/mol. The van der Waals surface area contributed by atoms with Crippen LogP contribution < -0.4 is 0 Å². The van der Waals surface area contributed by atoms with Crippen LogP contribution in [0.1, 0.15) is 15.9 Å². The van der Waals surface area contributed by atoms with Crippen LogP contribution in [0.5, 0.6) is 0 Å². The third kappa shape index (κ3) is 5.83. The summed E-state index contributed by atoms with van der Waals surface area (Å²) in [5.74, 6) is -0.623. The van der Waals surface area contributed by atoms with Crippen molar-refractivity contribution in [3.63, 3.8) is 0 Å². The predicted octanol–water partition coefficient (Wildman–Crippen LogP) is 4.23. The zero-order valence-corrected chi connectivity index (χ0v) is 13.3. The predicted molar refractivity (Wildman–Crippen MR) is 81.3 cm³/mol. The zero-order chi connectivity index (χ0) is 16.6. The summed E-state index contributed by atoms with van der Waals surface area (Å²) in [6.07, 6.45) is 2.75. The Kier molecular flexibility index (Phi) is 7.65. The van der Waals surface area contributed by atoms with Crippen LogP contribution in [0.3, 0.4) is 0 Å². The van der Waals surface area contributed by atoms with Crippen molar-refractivity contribution in [3.8, 4) is 0 Å². The van der Waals surface area contributed by atoms with E-state index >= 15 is 0 Å². The highest BCUT2D eigenvalue weighted by Crippen LogP contribution is 2.50. The van der Waals surface area contributed by atoms with Gasteiger partial charge in [0.25, 0.3) is 5.24 Å². The van der Waals surface area contributed by atoms with Crippen molar-refractivity contribution < 1.29 is 27.3 Å². The maximum atomic E-state index is 13.1.